The van der Waals surface area contributed by atoms with Gasteiger partial charge in [0.25, 0.3) is 0 Å². The Morgan fingerprint density at radius 2 is 1.83 bits per heavy atom. The van der Waals surface area contributed by atoms with Crippen LogP contribution in [-0.4, -0.2) is 43.8 Å². The Balaban J connectivity index is 1.71. The van der Waals surface area contributed by atoms with Gasteiger partial charge in [-0.25, -0.2) is 0 Å². The Hall–Kier alpha value is -3.08. The van der Waals surface area contributed by atoms with Crippen LogP contribution >= 0.6 is 0 Å². The second kappa shape index (κ2) is 10.1. The summed E-state index contributed by atoms with van der Waals surface area (Å²) in [5.74, 6) is 1.10. The molecule has 0 aliphatic carbocycles. The maximum Gasteiger partial charge on any atom is 0.222 e. The highest BCUT2D eigenvalue weighted by Crippen LogP contribution is 2.31. The van der Waals surface area contributed by atoms with Crippen LogP contribution in [0.2, 0.25) is 0 Å². The number of rotatable bonds is 7. The molecule has 0 saturated carbocycles. The zero-order chi connectivity index (χ0) is 21.5. The maximum absolute atomic E-state index is 11.8. The number of allylic oxidation sites excluding steroid dienone is 1. The molecule has 5 nitrogen and oxygen atoms in total. The molecule has 158 valence electrons. The number of piperidine rings is 1. The summed E-state index contributed by atoms with van der Waals surface area (Å²) in [4.78, 5) is 17.9. The molecular weight excluding hydrogens is 374 g/mol. The minimum atomic E-state index is 0.159. The number of hydrogen-bond donors (Lipinski definition) is 1. The second-order valence-corrected chi connectivity index (χ2v) is 7.50. The van der Waals surface area contributed by atoms with E-state index in [0.29, 0.717) is 6.42 Å². The van der Waals surface area contributed by atoms with Crippen molar-refractivity contribution in [2.24, 2.45) is 4.99 Å². The summed E-state index contributed by atoms with van der Waals surface area (Å²) in [6, 6.07) is 16.2. The molecule has 0 spiro atoms. The fourth-order valence-corrected chi connectivity index (χ4v) is 3.91. The number of nitrogens with one attached hydrogen (secondary N) is 1. The molecule has 1 aliphatic heterocycles. The monoisotopic (exact) mass is 405 g/mol. The largest absolute Gasteiger partial charge is 0.490 e. The number of ether oxygens (including phenoxy) is 1. The number of hydrogen-bond acceptors (Lipinski definition) is 4. The molecule has 1 fully saturated rings. The summed E-state index contributed by atoms with van der Waals surface area (Å²) in [7, 11) is 1.92. The average Bonchev–Trinajstić information content (AvgIpc) is 2.80. The lowest BCUT2D eigenvalue weighted by molar-refractivity contribution is -0.132. The molecule has 0 unspecified atom stereocenters. The molecule has 0 atom stereocenters. The van der Waals surface area contributed by atoms with Crippen LogP contribution in [-0.2, 0) is 4.79 Å². The first-order chi connectivity index (χ1) is 14.6. The molecule has 1 heterocycles. The van der Waals surface area contributed by atoms with Crippen LogP contribution in [0, 0.1) is 0 Å². The predicted octanol–water partition coefficient (Wildman–Crippen LogP) is 4.91. The van der Waals surface area contributed by atoms with Crippen molar-refractivity contribution in [2.75, 3.05) is 20.1 Å². The zero-order valence-corrected chi connectivity index (χ0v) is 18.1. The number of carbonyl (C=O) groups excluding carboxylic acids is 1. The van der Waals surface area contributed by atoms with E-state index in [9.17, 15) is 4.79 Å². The maximum atomic E-state index is 11.8. The highest BCUT2D eigenvalue weighted by atomic mass is 16.5. The molecule has 2 aromatic rings. The lowest BCUT2D eigenvalue weighted by atomic mass is 9.99. The van der Waals surface area contributed by atoms with Gasteiger partial charge in [0.1, 0.15) is 11.9 Å². The van der Waals surface area contributed by atoms with Crippen LogP contribution in [0.25, 0.3) is 11.3 Å². The summed E-state index contributed by atoms with van der Waals surface area (Å²) in [6.45, 7) is 9.25. The molecule has 1 aliphatic rings. The molecule has 0 radical (unpaired) electrons. The third kappa shape index (κ3) is 4.90. The van der Waals surface area contributed by atoms with Crippen molar-refractivity contribution in [3.63, 3.8) is 0 Å². The van der Waals surface area contributed by atoms with E-state index in [-0.39, 0.29) is 12.0 Å². The van der Waals surface area contributed by atoms with Gasteiger partial charge >= 0.3 is 0 Å². The molecular formula is C25H31N3O2. The molecule has 1 amide bonds. The first-order valence-electron chi connectivity index (χ1n) is 10.6. The lowest BCUT2D eigenvalue weighted by Gasteiger charge is -2.32. The fourth-order valence-electron chi connectivity index (χ4n) is 3.91. The highest BCUT2D eigenvalue weighted by Gasteiger charge is 2.23. The van der Waals surface area contributed by atoms with Gasteiger partial charge in [-0.1, -0.05) is 37.3 Å². The summed E-state index contributed by atoms with van der Waals surface area (Å²) >= 11 is 0. The number of nitrogens with zero attached hydrogens (tertiary/aromatic N) is 2. The van der Waals surface area contributed by atoms with Gasteiger partial charge in [0, 0.05) is 50.7 Å². The SMILES string of the molecule is C=Nc1ccccc1/C(NC)=C(\C)c1ccc(OC2CCN(C(=O)CC)CC2)cc1. The van der Waals surface area contributed by atoms with Crippen molar-refractivity contribution in [2.45, 2.75) is 39.2 Å². The van der Waals surface area contributed by atoms with Crippen LogP contribution in [0.5, 0.6) is 5.75 Å². The molecule has 3 rings (SSSR count). The van der Waals surface area contributed by atoms with Gasteiger partial charge in [0.05, 0.1) is 5.69 Å². The molecule has 5 heteroatoms. The van der Waals surface area contributed by atoms with Crippen molar-refractivity contribution in [3.8, 4) is 5.75 Å². The number of amides is 1. The second-order valence-electron chi connectivity index (χ2n) is 7.50. The van der Waals surface area contributed by atoms with E-state index in [2.05, 4.69) is 36.1 Å². The lowest BCUT2D eigenvalue weighted by Crippen LogP contribution is -2.41. The molecule has 2 aromatic carbocycles. The van der Waals surface area contributed by atoms with Crippen molar-refractivity contribution in [1.82, 2.24) is 10.2 Å². The van der Waals surface area contributed by atoms with Crippen molar-refractivity contribution >= 4 is 29.6 Å². The summed E-state index contributed by atoms with van der Waals surface area (Å²) in [5.41, 5.74) is 5.16. The van der Waals surface area contributed by atoms with Crippen molar-refractivity contribution < 1.29 is 9.53 Å². The van der Waals surface area contributed by atoms with Gasteiger partial charge in [0.2, 0.25) is 5.91 Å². The quantitative estimate of drug-likeness (QED) is 0.526. The van der Waals surface area contributed by atoms with E-state index >= 15 is 0 Å². The first-order valence-corrected chi connectivity index (χ1v) is 10.6. The van der Waals surface area contributed by atoms with Gasteiger partial charge < -0.3 is 15.0 Å². The molecule has 0 aromatic heterocycles. The normalized spacial score (nSPS) is 15.4. The summed E-state index contributed by atoms with van der Waals surface area (Å²) in [5, 5.41) is 3.32. The first kappa shape index (κ1) is 21.6. The third-order valence-corrected chi connectivity index (χ3v) is 5.66. The van der Waals surface area contributed by atoms with E-state index in [4.69, 9.17) is 4.74 Å². The Bertz CT molecular complexity index is 910. The van der Waals surface area contributed by atoms with Gasteiger partial charge in [-0.15, -0.1) is 0 Å². The van der Waals surface area contributed by atoms with Gasteiger partial charge in [-0.2, -0.15) is 0 Å². The van der Waals surface area contributed by atoms with Crippen LogP contribution in [0.15, 0.2) is 53.5 Å². The summed E-state index contributed by atoms with van der Waals surface area (Å²) in [6.07, 6.45) is 2.48. The van der Waals surface area contributed by atoms with Crippen LogP contribution in [0.1, 0.15) is 44.2 Å². The highest BCUT2D eigenvalue weighted by molar-refractivity contribution is 5.92. The molecule has 1 saturated heterocycles. The van der Waals surface area contributed by atoms with E-state index in [1.54, 1.807) is 0 Å². The van der Waals surface area contributed by atoms with Gasteiger partial charge in [-0.3, -0.25) is 9.79 Å². The fraction of sp³-hybridized carbons (Fsp3) is 0.360. The Kier molecular flexibility index (Phi) is 7.28. The number of aliphatic imine (C=N–C) groups is 1. The Morgan fingerprint density at radius 3 is 2.43 bits per heavy atom. The standard InChI is InChI=1S/C25H31N3O2/c1-5-24(29)28-16-14-21(15-17-28)30-20-12-10-19(11-13-20)18(2)25(27-4)22-8-6-7-9-23(22)26-3/h6-13,21,27H,3,5,14-17H2,1-2,4H3/b25-18-. The molecule has 30 heavy (non-hydrogen) atoms. The average molecular weight is 406 g/mol. The topological polar surface area (TPSA) is 53.9 Å². The predicted molar refractivity (Wildman–Crippen MR) is 124 cm³/mol. The van der Waals surface area contributed by atoms with Crippen molar-refractivity contribution in [1.29, 1.82) is 0 Å². The molecule has 1 N–H and O–H groups in total. The van der Waals surface area contributed by atoms with Crippen molar-refractivity contribution in [3.05, 3.63) is 59.7 Å². The van der Waals surface area contributed by atoms with E-state index in [1.165, 1.54) is 0 Å². The van der Waals surface area contributed by atoms with Gasteiger partial charge in [-0.05, 0) is 43.0 Å². The summed E-state index contributed by atoms with van der Waals surface area (Å²) < 4.78 is 6.17. The van der Waals surface area contributed by atoms with E-state index in [1.807, 2.05) is 55.3 Å². The number of carbonyl (C=O) groups is 1. The third-order valence-electron chi connectivity index (χ3n) is 5.66. The minimum Gasteiger partial charge on any atom is -0.490 e. The van der Waals surface area contributed by atoms with Crippen LogP contribution in [0.4, 0.5) is 5.69 Å². The van der Waals surface area contributed by atoms with Gasteiger partial charge in [0.15, 0.2) is 0 Å². The van der Waals surface area contributed by atoms with Crippen LogP contribution < -0.4 is 10.1 Å². The molecule has 0 bridgehead atoms. The minimum absolute atomic E-state index is 0.159. The Morgan fingerprint density at radius 1 is 1.17 bits per heavy atom. The number of para-hydroxylation sites is 1. The number of likely N-dealkylation sites (tertiary alicyclic amines) is 1. The Labute approximate surface area is 179 Å². The number of benzene rings is 2. The van der Waals surface area contributed by atoms with E-state index in [0.717, 1.165) is 59.8 Å². The van der Waals surface area contributed by atoms with E-state index < -0.39 is 0 Å². The van der Waals surface area contributed by atoms with Crippen LogP contribution in [0.3, 0.4) is 0 Å². The smallest absolute Gasteiger partial charge is 0.222 e. The zero-order valence-electron chi connectivity index (χ0n) is 18.1.